The van der Waals surface area contributed by atoms with Gasteiger partial charge in [0.15, 0.2) is 0 Å². The Hall–Kier alpha value is -3.85. The van der Waals surface area contributed by atoms with Crippen LogP contribution in [-0.2, 0) is 9.53 Å². The van der Waals surface area contributed by atoms with Crippen LogP contribution in [0.1, 0.15) is 29.1 Å². The van der Waals surface area contributed by atoms with Gasteiger partial charge in [-0.3, -0.25) is 4.79 Å². The summed E-state index contributed by atoms with van der Waals surface area (Å²) in [6, 6.07) is 13.5. The molecule has 1 aliphatic heterocycles. The molecule has 164 valence electrons. The first kappa shape index (κ1) is 21.4. The van der Waals surface area contributed by atoms with Crippen LogP contribution in [0, 0.1) is 0 Å². The number of nitrogens with one attached hydrogen (secondary N) is 2. The first-order chi connectivity index (χ1) is 15.4. The van der Waals surface area contributed by atoms with E-state index in [4.69, 9.17) is 21.1 Å². The number of para-hydroxylation sites is 2. The molecule has 0 aliphatic carbocycles. The summed E-state index contributed by atoms with van der Waals surface area (Å²) in [7, 11) is 2.78. The summed E-state index contributed by atoms with van der Waals surface area (Å²) in [5, 5.41) is 10.8. The second kappa shape index (κ2) is 8.72. The zero-order chi connectivity index (χ0) is 22.8. The molecule has 4 rings (SSSR count). The van der Waals surface area contributed by atoms with Gasteiger partial charge in [-0.05, 0) is 36.8 Å². The number of amides is 1. The minimum atomic E-state index is -0.689. The first-order valence-corrected chi connectivity index (χ1v) is 10.0. The lowest BCUT2D eigenvalue weighted by Crippen LogP contribution is -2.31. The molecule has 2 N–H and O–H groups in total. The molecular weight excluding hydrogens is 434 g/mol. The molecule has 10 heteroatoms. The number of aromatic nitrogens is 3. The number of carbonyl (C=O) groups is 2. The topological polar surface area (TPSA) is 107 Å². The largest absolute Gasteiger partial charge is 0.495 e. The third-order valence-corrected chi connectivity index (χ3v) is 5.22. The number of rotatable bonds is 5. The van der Waals surface area contributed by atoms with Crippen molar-refractivity contribution in [3.05, 3.63) is 76.2 Å². The number of allylic oxidation sites excluding steroid dienone is 1. The summed E-state index contributed by atoms with van der Waals surface area (Å²) in [5.41, 5.74) is 2.15. The molecule has 2 heterocycles. The van der Waals surface area contributed by atoms with Crippen molar-refractivity contribution in [2.75, 3.05) is 24.9 Å². The molecule has 0 bridgehead atoms. The van der Waals surface area contributed by atoms with Gasteiger partial charge in [-0.1, -0.05) is 35.9 Å². The fraction of sp³-hybridized carbons (Fsp3) is 0.182. The quantitative estimate of drug-likeness (QED) is 0.567. The number of fused-ring (bicyclic) bond motifs is 1. The number of methoxy groups -OCH3 is 2. The van der Waals surface area contributed by atoms with Gasteiger partial charge >= 0.3 is 5.97 Å². The summed E-state index contributed by atoms with van der Waals surface area (Å²) in [6.45, 7) is 1.75. The van der Waals surface area contributed by atoms with Gasteiger partial charge in [0.25, 0.3) is 11.7 Å². The molecule has 0 fully saturated rings. The molecule has 32 heavy (non-hydrogen) atoms. The van der Waals surface area contributed by atoms with Gasteiger partial charge in [0.1, 0.15) is 11.8 Å². The lowest BCUT2D eigenvalue weighted by Gasteiger charge is -2.29. The number of carbonyl (C=O) groups excluding carboxylic acids is 2. The molecular formula is C22H20ClN5O4. The van der Waals surface area contributed by atoms with E-state index in [9.17, 15) is 9.59 Å². The van der Waals surface area contributed by atoms with Crippen LogP contribution in [0.5, 0.6) is 5.75 Å². The molecule has 3 aromatic rings. The minimum Gasteiger partial charge on any atom is -0.495 e. The number of nitrogens with zero attached hydrogens (tertiary/aromatic N) is 3. The molecule has 1 atom stereocenters. The average molecular weight is 454 g/mol. The normalized spacial score (nSPS) is 14.9. The molecule has 0 spiro atoms. The van der Waals surface area contributed by atoms with Gasteiger partial charge in [0.2, 0.25) is 5.95 Å². The monoisotopic (exact) mass is 453 g/mol. The van der Waals surface area contributed by atoms with Crippen molar-refractivity contribution in [1.29, 1.82) is 0 Å². The Bertz CT molecular complexity index is 1240. The van der Waals surface area contributed by atoms with Crippen molar-refractivity contribution in [3.63, 3.8) is 0 Å². The van der Waals surface area contributed by atoms with E-state index in [0.717, 1.165) is 0 Å². The second-order valence-corrected chi connectivity index (χ2v) is 7.41. The smallest absolute Gasteiger partial charge is 0.378 e. The fourth-order valence-corrected chi connectivity index (χ4v) is 3.74. The van der Waals surface area contributed by atoms with Gasteiger partial charge in [0, 0.05) is 10.7 Å². The highest BCUT2D eigenvalue weighted by Gasteiger charge is 2.35. The average Bonchev–Trinajstić information content (AvgIpc) is 3.21. The molecule has 0 radical (unpaired) electrons. The summed E-state index contributed by atoms with van der Waals surface area (Å²) in [6.07, 6.45) is 0. The van der Waals surface area contributed by atoms with Crippen LogP contribution in [0.15, 0.2) is 59.8 Å². The number of anilines is 2. The third kappa shape index (κ3) is 3.90. The van der Waals surface area contributed by atoms with E-state index < -0.39 is 12.0 Å². The maximum Gasteiger partial charge on any atom is 0.378 e. The highest BCUT2D eigenvalue weighted by Crippen LogP contribution is 2.37. The maximum absolute atomic E-state index is 13.5. The van der Waals surface area contributed by atoms with Crippen molar-refractivity contribution in [2.45, 2.75) is 13.0 Å². The van der Waals surface area contributed by atoms with E-state index in [-0.39, 0.29) is 11.7 Å². The molecule has 9 nitrogen and oxygen atoms in total. The highest BCUT2D eigenvalue weighted by atomic mass is 35.5. The summed E-state index contributed by atoms with van der Waals surface area (Å²) in [4.78, 5) is 29.7. The van der Waals surface area contributed by atoms with E-state index in [2.05, 4.69) is 20.7 Å². The van der Waals surface area contributed by atoms with Gasteiger partial charge in [0.05, 0.1) is 25.5 Å². The predicted octanol–water partition coefficient (Wildman–Crippen LogP) is 3.65. The predicted molar refractivity (Wildman–Crippen MR) is 119 cm³/mol. The van der Waals surface area contributed by atoms with E-state index in [1.807, 2.05) is 12.1 Å². The van der Waals surface area contributed by atoms with Crippen molar-refractivity contribution in [2.24, 2.45) is 0 Å². The Labute approximate surface area is 189 Å². The summed E-state index contributed by atoms with van der Waals surface area (Å²) < 4.78 is 11.6. The van der Waals surface area contributed by atoms with Crippen LogP contribution in [0.25, 0.3) is 0 Å². The van der Waals surface area contributed by atoms with Crippen LogP contribution >= 0.6 is 11.6 Å². The van der Waals surface area contributed by atoms with Crippen LogP contribution in [0.3, 0.4) is 0 Å². The molecule has 1 amide bonds. The molecule has 2 aromatic carbocycles. The summed E-state index contributed by atoms with van der Waals surface area (Å²) in [5.74, 6) is -0.346. The number of hydrogen-bond donors (Lipinski definition) is 2. The Balaban J connectivity index is 1.81. The van der Waals surface area contributed by atoms with Gasteiger partial charge in [-0.2, -0.15) is 4.98 Å². The number of benzene rings is 2. The lowest BCUT2D eigenvalue weighted by molar-refractivity contribution is -0.113. The molecule has 0 unspecified atom stereocenters. The van der Waals surface area contributed by atoms with Gasteiger partial charge in [-0.15, -0.1) is 5.10 Å². The van der Waals surface area contributed by atoms with Crippen LogP contribution in [0.4, 0.5) is 11.6 Å². The zero-order valence-corrected chi connectivity index (χ0v) is 18.3. The Morgan fingerprint density at radius 1 is 1.16 bits per heavy atom. The Morgan fingerprint density at radius 3 is 2.66 bits per heavy atom. The first-order valence-electron chi connectivity index (χ1n) is 9.65. The maximum atomic E-state index is 13.5. The molecule has 0 saturated heterocycles. The standard InChI is InChI=1S/C22H20ClN5O4/c1-12-17(20(29)25-15-9-4-5-10-16(15)31-2)18(13-7-6-8-14(23)11-13)28-22(24-12)26-19(27-28)21(30)32-3/h4-11,18H,1-3H3,(H,25,29)(H,24,26,27)/t18-/m0/s1. The van der Waals surface area contributed by atoms with Crippen LogP contribution in [0.2, 0.25) is 5.02 Å². The van der Waals surface area contributed by atoms with E-state index in [1.165, 1.54) is 18.9 Å². The Kier molecular flexibility index (Phi) is 5.83. The van der Waals surface area contributed by atoms with Crippen LogP contribution in [-0.4, -0.2) is 40.9 Å². The van der Waals surface area contributed by atoms with E-state index in [1.54, 1.807) is 43.3 Å². The van der Waals surface area contributed by atoms with E-state index in [0.29, 0.717) is 39.2 Å². The van der Waals surface area contributed by atoms with Crippen molar-refractivity contribution in [3.8, 4) is 5.75 Å². The zero-order valence-electron chi connectivity index (χ0n) is 17.5. The third-order valence-electron chi connectivity index (χ3n) is 4.98. The van der Waals surface area contributed by atoms with Crippen molar-refractivity contribution < 1.29 is 19.1 Å². The number of hydrogen-bond acceptors (Lipinski definition) is 7. The van der Waals surface area contributed by atoms with Gasteiger partial charge in [-0.25, -0.2) is 9.48 Å². The van der Waals surface area contributed by atoms with Crippen molar-refractivity contribution >= 4 is 35.1 Å². The Morgan fingerprint density at radius 2 is 1.94 bits per heavy atom. The van der Waals surface area contributed by atoms with E-state index >= 15 is 0 Å². The lowest BCUT2D eigenvalue weighted by atomic mass is 9.95. The van der Waals surface area contributed by atoms with Crippen LogP contribution < -0.4 is 15.4 Å². The number of halogens is 1. The molecule has 0 saturated carbocycles. The highest BCUT2D eigenvalue weighted by molar-refractivity contribution is 6.30. The fourth-order valence-electron chi connectivity index (χ4n) is 3.55. The number of ether oxygens (including phenoxy) is 2. The SMILES string of the molecule is COC(=O)c1nc2n(n1)[C@@H](c1cccc(Cl)c1)C(C(=O)Nc1ccccc1OC)=C(C)N2. The van der Waals surface area contributed by atoms with Gasteiger partial charge < -0.3 is 20.1 Å². The number of esters is 1. The molecule has 1 aliphatic rings. The van der Waals surface area contributed by atoms with Crippen molar-refractivity contribution in [1.82, 2.24) is 14.8 Å². The molecule has 1 aromatic heterocycles. The minimum absolute atomic E-state index is 0.124. The second-order valence-electron chi connectivity index (χ2n) is 6.97. The summed E-state index contributed by atoms with van der Waals surface area (Å²) >= 11 is 6.23.